The van der Waals surface area contributed by atoms with E-state index in [0.717, 1.165) is 19.5 Å². The van der Waals surface area contributed by atoms with Crippen LogP contribution < -0.4 is 0 Å². The van der Waals surface area contributed by atoms with Gasteiger partial charge in [-0.25, -0.2) is 0 Å². The van der Waals surface area contributed by atoms with Crippen LogP contribution in [-0.4, -0.2) is 35.2 Å². The first-order valence-corrected chi connectivity index (χ1v) is 5.07. The molecule has 0 bridgehead atoms. The van der Waals surface area contributed by atoms with Crippen molar-refractivity contribution in [3.63, 3.8) is 0 Å². The fourth-order valence-corrected chi connectivity index (χ4v) is 2.15. The highest BCUT2D eigenvalue weighted by molar-refractivity contribution is 4.86. The Morgan fingerprint density at radius 3 is 2.67 bits per heavy atom. The molecule has 1 heterocycles. The molecule has 0 aromatic heterocycles. The first-order valence-electron chi connectivity index (χ1n) is 5.07. The van der Waals surface area contributed by atoms with E-state index in [1.807, 2.05) is 0 Å². The number of rotatable bonds is 3. The Kier molecular flexibility index (Phi) is 3.53. The van der Waals surface area contributed by atoms with Crippen molar-refractivity contribution in [1.29, 1.82) is 0 Å². The number of hydrogen-bond donors (Lipinski definition) is 1. The smallest absolute Gasteiger partial charge is 0.0682 e. The van der Waals surface area contributed by atoms with Gasteiger partial charge in [-0.3, -0.25) is 4.90 Å². The quantitative estimate of drug-likeness (QED) is 0.695. The Balaban J connectivity index is 2.47. The van der Waals surface area contributed by atoms with Gasteiger partial charge in [0.05, 0.1) is 6.10 Å². The molecule has 72 valence electrons. The van der Waals surface area contributed by atoms with Gasteiger partial charge < -0.3 is 5.11 Å². The SMILES string of the molecule is CCCN1C[C@@H](O)C[C@H]1C(C)C. The molecule has 12 heavy (non-hydrogen) atoms. The molecule has 2 atom stereocenters. The third-order valence-electron chi connectivity index (χ3n) is 2.71. The highest BCUT2D eigenvalue weighted by Crippen LogP contribution is 2.23. The number of β-amino-alcohol motifs (C(OH)–C–C–N with tert-alkyl or cyclic N) is 1. The minimum Gasteiger partial charge on any atom is -0.392 e. The Labute approximate surface area is 75.6 Å². The van der Waals surface area contributed by atoms with E-state index in [1.165, 1.54) is 6.42 Å². The van der Waals surface area contributed by atoms with Crippen LogP contribution in [0.15, 0.2) is 0 Å². The summed E-state index contributed by atoms with van der Waals surface area (Å²) in [5.74, 6) is 0.675. The largest absolute Gasteiger partial charge is 0.392 e. The van der Waals surface area contributed by atoms with Gasteiger partial charge in [0.25, 0.3) is 0 Å². The number of aliphatic hydroxyl groups excluding tert-OH is 1. The molecule has 1 N–H and O–H groups in total. The lowest BCUT2D eigenvalue weighted by atomic mass is 10.0. The molecular weight excluding hydrogens is 150 g/mol. The molecule has 0 aliphatic carbocycles. The second kappa shape index (κ2) is 4.24. The Morgan fingerprint density at radius 1 is 1.50 bits per heavy atom. The van der Waals surface area contributed by atoms with Gasteiger partial charge in [-0.1, -0.05) is 20.8 Å². The van der Waals surface area contributed by atoms with Crippen LogP contribution in [0, 0.1) is 5.92 Å². The zero-order chi connectivity index (χ0) is 9.14. The van der Waals surface area contributed by atoms with Crippen LogP contribution in [0.5, 0.6) is 0 Å². The Morgan fingerprint density at radius 2 is 2.17 bits per heavy atom. The lowest BCUT2D eigenvalue weighted by Crippen LogP contribution is -2.34. The molecule has 0 spiro atoms. The number of nitrogens with zero attached hydrogens (tertiary/aromatic N) is 1. The molecule has 1 rings (SSSR count). The standard InChI is InChI=1S/C10H21NO/c1-4-5-11-7-9(12)6-10(11)8(2)3/h8-10,12H,4-7H2,1-3H3/t9-,10-/m0/s1. The molecule has 0 saturated carbocycles. The van der Waals surface area contributed by atoms with Gasteiger partial charge in [0.1, 0.15) is 0 Å². The first-order chi connectivity index (χ1) is 5.65. The predicted octanol–water partition coefficient (Wildman–Crippen LogP) is 1.49. The first kappa shape index (κ1) is 10.0. The summed E-state index contributed by atoms with van der Waals surface area (Å²) >= 11 is 0. The second-order valence-electron chi connectivity index (χ2n) is 4.20. The van der Waals surface area contributed by atoms with Gasteiger partial charge in [0, 0.05) is 12.6 Å². The fourth-order valence-electron chi connectivity index (χ4n) is 2.15. The summed E-state index contributed by atoms with van der Waals surface area (Å²) in [4.78, 5) is 2.43. The highest BCUT2D eigenvalue weighted by Gasteiger charge is 2.31. The molecule has 1 aliphatic rings. The topological polar surface area (TPSA) is 23.5 Å². The van der Waals surface area contributed by atoms with E-state index < -0.39 is 0 Å². The van der Waals surface area contributed by atoms with Crippen LogP contribution in [-0.2, 0) is 0 Å². The van der Waals surface area contributed by atoms with Crippen molar-refractivity contribution in [2.24, 2.45) is 5.92 Å². The molecular formula is C10H21NO. The fraction of sp³-hybridized carbons (Fsp3) is 1.00. The van der Waals surface area contributed by atoms with Crippen molar-refractivity contribution in [3.05, 3.63) is 0 Å². The third-order valence-corrected chi connectivity index (χ3v) is 2.71. The lowest BCUT2D eigenvalue weighted by molar-refractivity contribution is 0.172. The van der Waals surface area contributed by atoms with E-state index in [-0.39, 0.29) is 6.10 Å². The van der Waals surface area contributed by atoms with Crippen molar-refractivity contribution in [2.45, 2.75) is 45.8 Å². The average molecular weight is 171 g/mol. The minimum absolute atomic E-state index is 0.0797. The van der Waals surface area contributed by atoms with Crippen molar-refractivity contribution in [1.82, 2.24) is 4.90 Å². The maximum absolute atomic E-state index is 9.50. The number of hydrogen-bond acceptors (Lipinski definition) is 2. The van der Waals surface area contributed by atoms with Crippen LogP contribution in [0.1, 0.15) is 33.6 Å². The zero-order valence-corrected chi connectivity index (χ0v) is 8.45. The molecule has 2 heteroatoms. The normalized spacial score (nSPS) is 31.8. The molecule has 1 aliphatic heterocycles. The summed E-state index contributed by atoms with van der Waals surface area (Å²) in [5, 5.41) is 9.50. The van der Waals surface area contributed by atoms with E-state index in [1.54, 1.807) is 0 Å². The molecule has 0 aromatic rings. The van der Waals surface area contributed by atoms with E-state index in [0.29, 0.717) is 12.0 Å². The average Bonchev–Trinajstić information content (AvgIpc) is 2.32. The summed E-state index contributed by atoms with van der Waals surface area (Å²) < 4.78 is 0. The lowest BCUT2D eigenvalue weighted by Gasteiger charge is -2.26. The maximum Gasteiger partial charge on any atom is 0.0682 e. The second-order valence-corrected chi connectivity index (χ2v) is 4.20. The predicted molar refractivity (Wildman–Crippen MR) is 51.1 cm³/mol. The van der Waals surface area contributed by atoms with Crippen molar-refractivity contribution >= 4 is 0 Å². The van der Waals surface area contributed by atoms with Gasteiger partial charge >= 0.3 is 0 Å². The number of aliphatic hydroxyl groups is 1. The molecule has 0 aromatic carbocycles. The summed E-state index contributed by atoms with van der Waals surface area (Å²) in [7, 11) is 0. The zero-order valence-electron chi connectivity index (χ0n) is 8.45. The third kappa shape index (κ3) is 2.20. The van der Waals surface area contributed by atoms with Crippen molar-refractivity contribution in [3.8, 4) is 0 Å². The van der Waals surface area contributed by atoms with Crippen molar-refractivity contribution < 1.29 is 5.11 Å². The van der Waals surface area contributed by atoms with Crippen LogP contribution in [0.25, 0.3) is 0 Å². The highest BCUT2D eigenvalue weighted by atomic mass is 16.3. The summed E-state index contributed by atoms with van der Waals surface area (Å²) in [6, 6.07) is 0.611. The minimum atomic E-state index is -0.0797. The summed E-state index contributed by atoms with van der Waals surface area (Å²) in [6.07, 6.45) is 2.08. The molecule has 0 unspecified atom stereocenters. The van der Waals surface area contributed by atoms with Crippen LogP contribution in [0.2, 0.25) is 0 Å². The maximum atomic E-state index is 9.50. The van der Waals surface area contributed by atoms with Gasteiger partial charge in [-0.15, -0.1) is 0 Å². The van der Waals surface area contributed by atoms with Gasteiger partial charge in [-0.05, 0) is 25.3 Å². The van der Waals surface area contributed by atoms with Gasteiger partial charge in [0.2, 0.25) is 0 Å². The Hall–Kier alpha value is -0.0800. The monoisotopic (exact) mass is 171 g/mol. The molecule has 1 fully saturated rings. The van der Waals surface area contributed by atoms with E-state index >= 15 is 0 Å². The van der Waals surface area contributed by atoms with Crippen LogP contribution >= 0.6 is 0 Å². The summed E-state index contributed by atoms with van der Waals surface area (Å²) in [6.45, 7) is 8.70. The van der Waals surface area contributed by atoms with Gasteiger partial charge in [0.15, 0.2) is 0 Å². The van der Waals surface area contributed by atoms with E-state index in [9.17, 15) is 5.11 Å². The van der Waals surface area contributed by atoms with E-state index in [4.69, 9.17) is 0 Å². The number of likely N-dealkylation sites (tertiary alicyclic amines) is 1. The Bertz CT molecular complexity index is 136. The van der Waals surface area contributed by atoms with E-state index in [2.05, 4.69) is 25.7 Å². The molecule has 1 saturated heterocycles. The van der Waals surface area contributed by atoms with Crippen LogP contribution in [0.3, 0.4) is 0 Å². The molecule has 0 amide bonds. The van der Waals surface area contributed by atoms with Gasteiger partial charge in [-0.2, -0.15) is 0 Å². The summed E-state index contributed by atoms with van der Waals surface area (Å²) in [5.41, 5.74) is 0. The van der Waals surface area contributed by atoms with Crippen LogP contribution in [0.4, 0.5) is 0 Å². The van der Waals surface area contributed by atoms with Crippen molar-refractivity contribution in [2.75, 3.05) is 13.1 Å². The molecule has 0 radical (unpaired) electrons. The molecule has 2 nitrogen and oxygen atoms in total.